The van der Waals surface area contributed by atoms with Crippen LogP contribution in [0.1, 0.15) is 33.5 Å². The van der Waals surface area contributed by atoms with E-state index in [-0.39, 0.29) is 5.91 Å². The van der Waals surface area contributed by atoms with Crippen molar-refractivity contribution in [1.82, 2.24) is 25.1 Å². The Hall–Kier alpha value is -3.00. The SMILES string of the molecule is Cc1cc(C(=O)N2CCN(Cc3nc(Cc4ccccc4)no3)CC2)on1. The van der Waals surface area contributed by atoms with Crippen molar-refractivity contribution in [2.75, 3.05) is 26.2 Å². The molecule has 0 spiro atoms. The molecule has 1 amide bonds. The summed E-state index contributed by atoms with van der Waals surface area (Å²) in [4.78, 5) is 20.9. The molecule has 1 saturated heterocycles. The molecule has 4 rings (SSSR count). The van der Waals surface area contributed by atoms with Crippen molar-refractivity contribution in [3.63, 3.8) is 0 Å². The van der Waals surface area contributed by atoms with Crippen LogP contribution in [0.15, 0.2) is 45.4 Å². The van der Waals surface area contributed by atoms with Crippen molar-refractivity contribution in [1.29, 1.82) is 0 Å². The summed E-state index contributed by atoms with van der Waals surface area (Å²) < 4.78 is 10.4. The Balaban J connectivity index is 1.29. The van der Waals surface area contributed by atoms with Gasteiger partial charge in [0.25, 0.3) is 5.91 Å². The number of aromatic nitrogens is 3. The lowest BCUT2D eigenvalue weighted by atomic mass is 10.1. The van der Waals surface area contributed by atoms with E-state index in [1.165, 1.54) is 0 Å². The molecule has 1 aliphatic rings. The van der Waals surface area contributed by atoms with E-state index in [0.29, 0.717) is 49.2 Å². The highest BCUT2D eigenvalue weighted by molar-refractivity contribution is 5.91. The van der Waals surface area contributed by atoms with Gasteiger partial charge in [-0.1, -0.05) is 40.6 Å². The van der Waals surface area contributed by atoms with Gasteiger partial charge in [0.15, 0.2) is 5.82 Å². The van der Waals surface area contributed by atoms with Crippen LogP contribution in [0.2, 0.25) is 0 Å². The lowest BCUT2D eigenvalue weighted by Gasteiger charge is -2.33. The third-order valence-electron chi connectivity index (χ3n) is 4.57. The quantitative estimate of drug-likeness (QED) is 0.680. The Kier molecular flexibility index (Phi) is 4.97. The van der Waals surface area contributed by atoms with Crippen LogP contribution in [0, 0.1) is 6.92 Å². The number of piperazine rings is 1. The van der Waals surface area contributed by atoms with Crippen molar-refractivity contribution in [2.45, 2.75) is 19.9 Å². The van der Waals surface area contributed by atoms with Gasteiger partial charge in [0, 0.05) is 38.7 Å². The topological polar surface area (TPSA) is 88.5 Å². The monoisotopic (exact) mass is 367 g/mol. The molecule has 140 valence electrons. The average molecular weight is 367 g/mol. The molecule has 1 aliphatic heterocycles. The zero-order valence-electron chi connectivity index (χ0n) is 15.2. The van der Waals surface area contributed by atoms with E-state index >= 15 is 0 Å². The van der Waals surface area contributed by atoms with E-state index in [1.807, 2.05) is 30.3 Å². The number of benzene rings is 1. The molecular formula is C19H21N5O3. The maximum Gasteiger partial charge on any atom is 0.292 e. The van der Waals surface area contributed by atoms with Gasteiger partial charge >= 0.3 is 0 Å². The van der Waals surface area contributed by atoms with Crippen molar-refractivity contribution in [2.24, 2.45) is 0 Å². The molecule has 0 unspecified atom stereocenters. The van der Waals surface area contributed by atoms with Gasteiger partial charge in [0.05, 0.1) is 12.2 Å². The molecule has 0 aliphatic carbocycles. The molecule has 1 aromatic carbocycles. The van der Waals surface area contributed by atoms with Crippen LogP contribution in [0.25, 0.3) is 0 Å². The Bertz CT molecular complexity index is 897. The summed E-state index contributed by atoms with van der Waals surface area (Å²) in [7, 11) is 0. The summed E-state index contributed by atoms with van der Waals surface area (Å²) >= 11 is 0. The maximum atomic E-state index is 12.4. The summed E-state index contributed by atoms with van der Waals surface area (Å²) in [6.45, 7) is 5.14. The Labute approximate surface area is 156 Å². The first-order valence-electron chi connectivity index (χ1n) is 8.98. The third kappa shape index (κ3) is 4.22. The number of carbonyl (C=O) groups excluding carboxylic acids is 1. The standard InChI is InChI=1S/C19H21N5O3/c1-14-11-16(26-21-14)19(25)24-9-7-23(8-10-24)13-18-20-17(22-27-18)12-15-5-3-2-4-6-15/h2-6,11H,7-10,12-13H2,1H3. The summed E-state index contributed by atoms with van der Waals surface area (Å²) in [5.41, 5.74) is 1.86. The molecule has 8 nitrogen and oxygen atoms in total. The fourth-order valence-electron chi connectivity index (χ4n) is 3.13. The van der Waals surface area contributed by atoms with Crippen molar-refractivity contribution in [3.05, 3.63) is 65.1 Å². The van der Waals surface area contributed by atoms with Gasteiger partial charge in [-0.2, -0.15) is 4.98 Å². The molecule has 0 saturated carbocycles. The summed E-state index contributed by atoms with van der Waals surface area (Å²) in [5, 5.41) is 7.84. The second-order valence-electron chi connectivity index (χ2n) is 6.67. The highest BCUT2D eigenvalue weighted by Crippen LogP contribution is 2.13. The van der Waals surface area contributed by atoms with Crippen molar-refractivity contribution >= 4 is 5.91 Å². The van der Waals surface area contributed by atoms with Gasteiger partial charge in [-0.3, -0.25) is 9.69 Å². The van der Waals surface area contributed by atoms with Crippen molar-refractivity contribution < 1.29 is 13.8 Å². The molecular weight excluding hydrogens is 346 g/mol. The second kappa shape index (κ2) is 7.71. The normalized spacial score (nSPS) is 15.2. The Morgan fingerprint density at radius 1 is 1.07 bits per heavy atom. The molecule has 0 atom stereocenters. The van der Waals surface area contributed by atoms with Gasteiger partial charge in [0.1, 0.15) is 0 Å². The number of rotatable bonds is 5. The van der Waals surface area contributed by atoms with Gasteiger partial charge < -0.3 is 13.9 Å². The molecule has 3 heterocycles. The minimum Gasteiger partial charge on any atom is -0.351 e. The Morgan fingerprint density at radius 2 is 1.85 bits per heavy atom. The smallest absolute Gasteiger partial charge is 0.292 e. The summed E-state index contributed by atoms with van der Waals surface area (Å²) in [6.07, 6.45) is 0.656. The van der Waals surface area contributed by atoms with E-state index in [4.69, 9.17) is 9.05 Å². The molecule has 1 fully saturated rings. The third-order valence-corrected chi connectivity index (χ3v) is 4.57. The molecule has 0 radical (unpaired) electrons. The largest absolute Gasteiger partial charge is 0.351 e. The van der Waals surface area contributed by atoms with Crippen LogP contribution in [0.5, 0.6) is 0 Å². The van der Waals surface area contributed by atoms with Crippen LogP contribution in [-0.4, -0.2) is 57.2 Å². The van der Waals surface area contributed by atoms with Gasteiger partial charge in [-0.05, 0) is 12.5 Å². The fraction of sp³-hybridized carbons (Fsp3) is 0.368. The molecule has 8 heteroatoms. The van der Waals surface area contributed by atoms with Crippen LogP contribution in [-0.2, 0) is 13.0 Å². The van der Waals surface area contributed by atoms with Crippen LogP contribution < -0.4 is 0 Å². The zero-order valence-corrected chi connectivity index (χ0v) is 15.2. The number of carbonyl (C=O) groups is 1. The number of hydrogen-bond acceptors (Lipinski definition) is 7. The van der Waals surface area contributed by atoms with Crippen molar-refractivity contribution in [3.8, 4) is 0 Å². The predicted molar refractivity (Wildman–Crippen MR) is 96.0 cm³/mol. The van der Waals surface area contributed by atoms with E-state index in [2.05, 4.69) is 20.2 Å². The number of hydrogen-bond donors (Lipinski definition) is 0. The second-order valence-corrected chi connectivity index (χ2v) is 6.67. The van der Waals surface area contributed by atoms with Crippen LogP contribution >= 0.6 is 0 Å². The van der Waals surface area contributed by atoms with E-state index < -0.39 is 0 Å². The van der Waals surface area contributed by atoms with Crippen LogP contribution in [0.4, 0.5) is 0 Å². The Morgan fingerprint density at radius 3 is 2.56 bits per heavy atom. The minimum absolute atomic E-state index is 0.113. The molecule has 2 aromatic heterocycles. The molecule has 27 heavy (non-hydrogen) atoms. The first-order valence-corrected chi connectivity index (χ1v) is 8.98. The lowest BCUT2D eigenvalue weighted by Crippen LogP contribution is -2.48. The molecule has 3 aromatic rings. The van der Waals surface area contributed by atoms with Gasteiger partial charge in [-0.25, -0.2) is 0 Å². The number of nitrogens with zero attached hydrogens (tertiary/aromatic N) is 5. The van der Waals surface area contributed by atoms with Crippen LogP contribution in [0.3, 0.4) is 0 Å². The molecule has 0 bridgehead atoms. The lowest BCUT2D eigenvalue weighted by molar-refractivity contribution is 0.0576. The first kappa shape index (κ1) is 17.4. The van der Waals surface area contributed by atoms with Gasteiger partial charge in [0.2, 0.25) is 11.7 Å². The zero-order chi connectivity index (χ0) is 18.6. The maximum absolute atomic E-state index is 12.4. The number of aryl methyl sites for hydroxylation is 1. The van der Waals surface area contributed by atoms with Gasteiger partial charge in [-0.15, -0.1) is 0 Å². The van der Waals surface area contributed by atoms with E-state index in [1.54, 1.807) is 17.9 Å². The fourth-order valence-corrected chi connectivity index (χ4v) is 3.13. The average Bonchev–Trinajstić information content (AvgIpc) is 3.31. The van der Waals surface area contributed by atoms with E-state index in [9.17, 15) is 4.79 Å². The van der Waals surface area contributed by atoms with E-state index in [0.717, 1.165) is 18.7 Å². The summed E-state index contributed by atoms with van der Waals surface area (Å²) in [6, 6.07) is 11.7. The highest BCUT2D eigenvalue weighted by Gasteiger charge is 2.25. The highest BCUT2D eigenvalue weighted by atomic mass is 16.5. The predicted octanol–water partition coefficient (Wildman–Crippen LogP) is 1.91. The first-order chi connectivity index (χ1) is 13.2. The summed E-state index contributed by atoms with van der Waals surface area (Å²) in [5.74, 6) is 1.47. The number of amides is 1. The molecule has 0 N–H and O–H groups in total. The minimum atomic E-state index is -0.113.